The zero-order valence-corrected chi connectivity index (χ0v) is 38.6. The van der Waals surface area contributed by atoms with E-state index in [1.54, 1.807) is 0 Å². The molecule has 0 aliphatic carbocycles. The molecule has 0 rings (SSSR count). The van der Waals surface area contributed by atoms with Crippen LogP contribution in [0.25, 0.3) is 0 Å². The number of nitrogens with zero attached hydrogens (tertiary/aromatic N) is 3. The van der Waals surface area contributed by atoms with Gasteiger partial charge in [0.2, 0.25) is 11.8 Å². The molecule has 0 aliphatic heterocycles. The highest BCUT2D eigenvalue weighted by molar-refractivity contribution is 5.76. The van der Waals surface area contributed by atoms with Crippen molar-refractivity contribution in [2.75, 3.05) is 45.8 Å². The molecule has 0 saturated heterocycles. The van der Waals surface area contributed by atoms with Crippen molar-refractivity contribution in [2.24, 2.45) is 0 Å². The summed E-state index contributed by atoms with van der Waals surface area (Å²) in [5, 5.41) is 0. The van der Waals surface area contributed by atoms with Crippen LogP contribution in [0.4, 0.5) is 0 Å². The van der Waals surface area contributed by atoms with Gasteiger partial charge < -0.3 is 14.7 Å². The minimum absolute atomic E-state index is 0.408. The summed E-state index contributed by atoms with van der Waals surface area (Å²) in [6, 6.07) is 0. The van der Waals surface area contributed by atoms with E-state index in [0.29, 0.717) is 11.8 Å². The van der Waals surface area contributed by atoms with Crippen molar-refractivity contribution in [1.29, 1.82) is 0 Å². The minimum Gasteiger partial charge on any atom is -0.343 e. The molecule has 55 heavy (non-hydrogen) atoms. The topological polar surface area (TPSA) is 43.9 Å². The zero-order chi connectivity index (χ0) is 40.3. The summed E-state index contributed by atoms with van der Waals surface area (Å²) >= 11 is 0. The third kappa shape index (κ3) is 37.0. The highest BCUT2D eigenvalue weighted by Crippen LogP contribution is 2.15. The highest BCUT2D eigenvalue weighted by atomic mass is 16.2. The van der Waals surface area contributed by atoms with Gasteiger partial charge in [0, 0.05) is 39.0 Å². The maximum atomic E-state index is 13.4. The molecule has 0 aromatic heterocycles. The van der Waals surface area contributed by atoms with Gasteiger partial charge in [0.1, 0.15) is 0 Å². The first kappa shape index (κ1) is 53.9. The largest absolute Gasteiger partial charge is 0.343 e. The normalized spacial score (nSPS) is 11.5. The number of unbranched alkanes of at least 4 members (excludes halogenated alkanes) is 27. The van der Waals surface area contributed by atoms with Gasteiger partial charge in [0.25, 0.3) is 0 Å². The zero-order valence-electron chi connectivity index (χ0n) is 38.6. The van der Waals surface area contributed by atoms with Gasteiger partial charge in [0.05, 0.1) is 0 Å². The summed E-state index contributed by atoms with van der Waals surface area (Å²) in [4.78, 5) is 33.9. The first-order valence-corrected chi connectivity index (χ1v) is 25.3. The van der Waals surface area contributed by atoms with E-state index < -0.39 is 0 Å². The molecule has 0 aliphatic rings. The van der Waals surface area contributed by atoms with E-state index in [-0.39, 0.29) is 0 Å². The highest BCUT2D eigenvalue weighted by Gasteiger charge is 2.15. The van der Waals surface area contributed by atoms with Crippen molar-refractivity contribution in [3.63, 3.8) is 0 Å². The molecule has 0 spiro atoms. The molecular formula is C50H101N3O2. The van der Waals surface area contributed by atoms with Crippen molar-refractivity contribution >= 4 is 11.8 Å². The van der Waals surface area contributed by atoms with E-state index >= 15 is 0 Å². The standard InChI is InChI=1S/C50H101N3O2/c1-6-11-16-21-25-36-45-52(46-37-26-22-17-12-7-2)49(54)40-31-29-34-43-51(42-33-20-15-10-5)44-35-30-32-41-50(55)53(47-38-27-23-18-13-8-3)48-39-28-24-19-14-9-4/h6-48H2,1-5H3. The van der Waals surface area contributed by atoms with E-state index in [0.717, 1.165) is 77.8 Å². The average Bonchev–Trinajstić information content (AvgIpc) is 3.19. The lowest BCUT2D eigenvalue weighted by atomic mass is 10.1. The number of rotatable bonds is 45. The molecule has 0 aromatic carbocycles. The van der Waals surface area contributed by atoms with Gasteiger partial charge in [-0.1, -0.05) is 195 Å². The second kappa shape index (κ2) is 44.0. The molecule has 0 saturated carbocycles. The van der Waals surface area contributed by atoms with Crippen LogP contribution >= 0.6 is 0 Å². The van der Waals surface area contributed by atoms with Crippen LogP contribution in [0, 0.1) is 0 Å². The molecule has 0 radical (unpaired) electrons. The smallest absolute Gasteiger partial charge is 0.222 e. The number of hydrogen-bond acceptors (Lipinski definition) is 3. The van der Waals surface area contributed by atoms with E-state index in [1.165, 1.54) is 199 Å². The number of carbonyl (C=O) groups excluding carboxylic acids is 2. The summed E-state index contributed by atoms with van der Waals surface area (Å²) in [5.74, 6) is 0.816. The Bertz CT molecular complexity index is 699. The first-order chi connectivity index (χ1) is 27.0. The Morgan fingerprint density at radius 2 is 0.455 bits per heavy atom. The predicted octanol–water partition coefficient (Wildman–Crippen LogP) is 15.1. The Labute approximate surface area is 346 Å². The SMILES string of the molecule is CCCCCCCCN(CCCCCCCC)C(=O)CCCCCN(CCCCCC)CCCCCC(=O)N(CCCCCCCC)CCCCCCCC. The van der Waals surface area contributed by atoms with Crippen LogP contribution in [-0.2, 0) is 9.59 Å². The maximum absolute atomic E-state index is 13.4. The van der Waals surface area contributed by atoms with Crippen molar-refractivity contribution < 1.29 is 9.59 Å². The van der Waals surface area contributed by atoms with Gasteiger partial charge in [-0.25, -0.2) is 0 Å². The molecule has 0 N–H and O–H groups in total. The van der Waals surface area contributed by atoms with Gasteiger partial charge in [-0.15, -0.1) is 0 Å². The molecule has 0 aromatic rings. The third-order valence-corrected chi connectivity index (χ3v) is 11.9. The molecular weight excluding hydrogens is 675 g/mol. The molecule has 0 bridgehead atoms. The Morgan fingerprint density at radius 3 is 0.727 bits per heavy atom. The minimum atomic E-state index is 0.408. The lowest BCUT2D eigenvalue weighted by molar-refractivity contribution is -0.132. The summed E-state index contributed by atoms with van der Waals surface area (Å²) in [6.45, 7) is 18.8. The molecule has 2 amide bonds. The van der Waals surface area contributed by atoms with Gasteiger partial charge in [-0.05, 0) is 77.4 Å². The van der Waals surface area contributed by atoms with Crippen LogP contribution in [-0.4, -0.2) is 72.3 Å². The van der Waals surface area contributed by atoms with Gasteiger partial charge in [-0.2, -0.15) is 0 Å². The van der Waals surface area contributed by atoms with Crippen LogP contribution in [0.15, 0.2) is 0 Å². The fourth-order valence-electron chi connectivity index (χ4n) is 8.05. The van der Waals surface area contributed by atoms with Crippen molar-refractivity contribution in [3.8, 4) is 0 Å². The predicted molar refractivity (Wildman–Crippen MR) is 244 cm³/mol. The van der Waals surface area contributed by atoms with Gasteiger partial charge >= 0.3 is 0 Å². The van der Waals surface area contributed by atoms with Crippen LogP contribution in [0.1, 0.15) is 266 Å². The quantitative estimate of drug-likeness (QED) is 0.0579. The van der Waals surface area contributed by atoms with E-state index in [1.807, 2.05) is 0 Å². The van der Waals surface area contributed by atoms with Gasteiger partial charge in [0.15, 0.2) is 0 Å². The first-order valence-electron chi connectivity index (χ1n) is 25.3. The number of amides is 2. The summed E-state index contributed by atoms with van der Waals surface area (Å²) in [6.07, 6.45) is 44.4. The number of carbonyl (C=O) groups is 2. The summed E-state index contributed by atoms with van der Waals surface area (Å²) in [5.41, 5.74) is 0. The molecule has 0 unspecified atom stereocenters. The third-order valence-electron chi connectivity index (χ3n) is 11.9. The van der Waals surface area contributed by atoms with Crippen LogP contribution in [0.3, 0.4) is 0 Å². The lowest BCUT2D eigenvalue weighted by Crippen LogP contribution is -2.33. The molecule has 0 heterocycles. The molecule has 0 fully saturated rings. The van der Waals surface area contributed by atoms with Crippen LogP contribution in [0.5, 0.6) is 0 Å². The molecule has 5 heteroatoms. The van der Waals surface area contributed by atoms with E-state index in [9.17, 15) is 9.59 Å². The Balaban J connectivity index is 4.72. The second-order valence-electron chi connectivity index (χ2n) is 17.4. The fraction of sp³-hybridized carbons (Fsp3) is 0.960. The summed E-state index contributed by atoms with van der Waals surface area (Å²) in [7, 11) is 0. The number of hydrogen-bond donors (Lipinski definition) is 0. The van der Waals surface area contributed by atoms with E-state index in [2.05, 4.69) is 49.3 Å². The van der Waals surface area contributed by atoms with Crippen molar-refractivity contribution in [2.45, 2.75) is 266 Å². The Kier molecular flexibility index (Phi) is 43.1. The van der Waals surface area contributed by atoms with Crippen LogP contribution in [0.2, 0.25) is 0 Å². The average molecular weight is 776 g/mol. The Hall–Kier alpha value is -1.10. The summed E-state index contributed by atoms with van der Waals surface area (Å²) < 4.78 is 0. The molecule has 328 valence electrons. The molecule has 0 atom stereocenters. The van der Waals surface area contributed by atoms with E-state index in [4.69, 9.17) is 0 Å². The van der Waals surface area contributed by atoms with Gasteiger partial charge in [-0.3, -0.25) is 9.59 Å². The van der Waals surface area contributed by atoms with Crippen LogP contribution < -0.4 is 0 Å². The fourth-order valence-corrected chi connectivity index (χ4v) is 8.05. The monoisotopic (exact) mass is 776 g/mol. The second-order valence-corrected chi connectivity index (χ2v) is 17.4. The molecule has 5 nitrogen and oxygen atoms in total. The lowest BCUT2D eigenvalue weighted by Gasteiger charge is -2.24. The van der Waals surface area contributed by atoms with Crippen molar-refractivity contribution in [3.05, 3.63) is 0 Å². The maximum Gasteiger partial charge on any atom is 0.222 e. The van der Waals surface area contributed by atoms with Crippen molar-refractivity contribution in [1.82, 2.24) is 14.7 Å². The Morgan fingerprint density at radius 1 is 0.255 bits per heavy atom.